The fourth-order valence-electron chi connectivity index (χ4n) is 1.71. The van der Waals surface area contributed by atoms with Gasteiger partial charge >= 0.3 is 0 Å². The third kappa shape index (κ3) is 1.79. The summed E-state index contributed by atoms with van der Waals surface area (Å²) in [5.74, 6) is 0.523. The summed E-state index contributed by atoms with van der Waals surface area (Å²) < 4.78 is 24.2. The van der Waals surface area contributed by atoms with Gasteiger partial charge in [0.1, 0.15) is 0 Å². The molecule has 0 radical (unpaired) electrons. The molecular formula is C11H13NO2S2. The Balaban J connectivity index is 2.53. The first-order valence-electron chi connectivity index (χ1n) is 4.87. The van der Waals surface area contributed by atoms with Gasteiger partial charge in [-0.05, 0) is 29.5 Å². The zero-order valence-corrected chi connectivity index (χ0v) is 10.6. The van der Waals surface area contributed by atoms with E-state index in [-0.39, 0.29) is 0 Å². The van der Waals surface area contributed by atoms with Crippen molar-refractivity contribution in [3.63, 3.8) is 0 Å². The Morgan fingerprint density at radius 1 is 1.38 bits per heavy atom. The van der Waals surface area contributed by atoms with Crippen LogP contribution in [0.3, 0.4) is 0 Å². The fourth-order valence-corrected chi connectivity index (χ4v) is 4.36. The zero-order chi connectivity index (χ0) is 11.8. The van der Waals surface area contributed by atoms with Crippen LogP contribution in [0.2, 0.25) is 0 Å². The Morgan fingerprint density at radius 3 is 2.75 bits per heavy atom. The van der Waals surface area contributed by atoms with Crippen molar-refractivity contribution in [1.82, 2.24) is 0 Å². The molecule has 1 aliphatic heterocycles. The van der Waals surface area contributed by atoms with Crippen molar-refractivity contribution in [2.75, 3.05) is 12.0 Å². The van der Waals surface area contributed by atoms with Gasteiger partial charge in [0.05, 0.1) is 9.80 Å². The molecule has 0 aromatic heterocycles. The molecule has 0 unspecified atom stereocenters. The quantitative estimate of drug-likeness (QED) is 0.892. The lowest BCUT2D eigenvalue weighted by atomic mass is 10.1. The summed E-state index contributed by atoms with van der Waals surface area (Å²) in [4.78, 5) is 0.892. The highest BCUT2D eigenvalue weighted by Gasteiger charge is 2.28. The molecule has 16 heavy (non-hydrogen) atoms. The van der Waals surface area contributed by atoms with E-state index in [9.17, 15) is 8.42 Å². The highest BCUT2D eigenvalue weighted by molar-refractivity contribution is 8.01. The van der Waals surface area contributed by atoms with Crippen molar-refractivity contribution in [2.24, 2.45) is 5.73 Å². The lowest BCUT2D eigenvalue weighted by Crippen LogP contribution is -2.04. The molecular weight excluding hydrogens is 242 g/mol. The predicted octanol–water partition coefficient (Wildman–Crippen LogP) is 1.64. The maximum absolute atomic E-state index is 12.1. The van der Waals surface area contributed by atoms with Gasteiger partial charge in [0.25, 0.3) is 0 Å². The number of benzene rings is 1. The number of hydrogen-bond donors (Lipinski definition) is 1. The third-order valence-corrected chi connectivity index (χ3v) is 5.22. The van der Waals surface area contributed by atoms with E-state index in [0.29, 0.717) is 22.1 Å². The van der Waals surface area contributed by atoms with Gasteiger partial charge < -0.3 is 5.73 Å². The summed E-state index contributed by atoms with van der Waals surface area (Å²) in [7, 11) is -3.26. The molecule has 0 saturated heterocycles. The van der Waals surface area contributed by atoms with Gasteiger partial charge in [0.2, 0.25) is 9.84 Å². The summed E-state index contributed by atoms with van der Waals surface area (Å²) in [5.41, 5.74) is 7.14. The number of thioether (sulfide) groups is 1. The van der Waals surface area contributed by atoms with Crippen molar-refractivity contribution in [1.29, 1.82) is 0 Å². The van der Waals surface area contributed by atoms with Gasteiger partial charge in [0.15, 0.2) is 0 Å². The largest absolute Gasteiger partial charge is 0.326 e. The average molecular weight is 255 g/mol. The molecule has 0 saturated carbocycles. The Bertz CT molecular complexity index is 547. The molecule has 0 fully saturated rings. The topological polar surface area (TPSA) is 60.2 Å². The molecule has 3 nitrogen and oxygen atoms in total. The lowest BCUT2D eigenvalue weighted by Gasteiger charge is -2.03. The highest BCUT2D eigenvalue weighted by atomic mass is 32.2. The summed E-state index contributed by atoms with van der Waals surface area (Å²) in [6.45, 7) is 0.362. The Labute approximate surface area is 99.6 Å². The lowest BCUT2D eigenvalue weighted by molar-refractivity contribution is 0.603. The van der Waals surface area contributed by atoms with Crippen LogP contribution < -0.4 is 5.73 Å². The minimum absolute atomic E-state index is 0.362. The van der Waals surface area contributed by atoms with Gasteiger partial charge in [0, 0.05) is 12.3 Å². The molecule has 1 aliphatic rings. The molecule has 0 amide bonds. The third-order valence-electron chi connectivity index (χ3n) is 2.55. The van der Waals surface area contributed by atoms with Crippen LogP contribution in [0.1, 0.15) is 11.1 Å². The van der Waals surface area contributed by atoms with E-state index in [2.05, 4.69) is 0 Å². The molecule has 0 spiro atoms. The van der Waals surface area contributed by atoms with Gasteiger partial charge in [-0.25, -0.2) is 8.42 Å². The summed E-state index contributed by atoms with van der Waals surface area (Å²) in [6.07, 6.45) is 3.64. The van der Waals surface area contributed by atoms with Crippen LogP contribution in [-0.2, 0) is 16.4 Å². The second-order valence-corrected chi connectivity index (χ2v) is 6.46. The Kier molecular flexibility index (Phi) is 3.10. The monoisotopic (exact) mass is 255 g/mol. The van der Waals surface area contributed by atoms with Crippen LogP contribution in [0.5, 0.6) is 0 Å². The maximum atomic E-state index is 12.1. The fraction of sp³-hybridized carbons (Fsp3) is 0.273. The van der Waals surface area contributed by atoms with Crippen LogP contribution in [0.25, 0.3) is 6.08 Å². The minimum atomic E-state index is -3.26. The summed E-state index contributed by atoms with van der Waals surface area (Å²) in [5, 5.41) is 0. The van der Waals surface area contributed by atoms with Crippen molar-refractivity contribution in [3.8, 4) is 0 Å². The van der Waals surface area contributed by atoms with Gasteiger partial charge in [-0.15, -0.1) is 0 Å². The molecule has 1 aromatic rings. The van der Waals surface area contributed by atoms with Crippen molar-refractivity contribution in [2.45, 2.75) is 11.4 Å². The van der Waals surface area contributed by atoms with Crippen molar-refractivity contribution < 1.29 is 8.42 Å². The first-order chi connectivity index (χ1) is 7.59. The van der Waals surface area contributed by atoms with Crippen LogP contribution in [-0.4, -0.2) is 20.4 Å². The van der Waals surface area contributed by atoms with E-state index in [0.717, 1.165) is 11.1 Å². The van der Waals surface area contributed by atoms with Gasteiger partial charge in [-0.3, -0.25) is 0 Å². The van der Waals surface area contributed by atoms with Crippen molar-refractivity contribution >= 4 is 27.7 Å². The number of sulfone groups is 1. The van der Waals surface area contributed by atoms with Gasteiger partial charge in [-0.2, -0.15) is 11.8 Å². The van der Waals surface area contributed by atoms with Crippen LogP contribution >= 0.6 is 11.8 Å². The van der Waals surface area contributed by atoms with Crippen LogP contribution in [0.15, 0.2) is 28.0 Å². The van der Waals surface area contributed by atoms with Crippen molar-refractivity contribution in [3.05, 3.63) is 34.2 Å². The molecule has 1 aromatic carbocycles. The number of fused-ring (bicyclic) bond motifs is 1. The molecule has 2 N–H and O–H groups in total. The summed E-state index contributed by atoms with van der Waals surface area (Å²) >= 11 is 1.51. The number of rotatable bonds is 3. The van der Waals surface area contributed by atoms with Crippen LogP contribution in [0.4, 0.5) is 0 Å². The van der Waals surface area contributed by atoms with E-state index in [1.807, 2.05) is 18.4 Å². The second kappa shape index (κ2) is 4.24. The SMILES string of the molecule is CSCC1=Cc2ccc(CN)cc2S1(=O)=O. The standard InChI is InChI=1S/C11H13NO2S2/c1-15-7-10-5-9-3-2-8(6-12)4-11(9)16(10,13)14/h2-5H,6-7,12H2,1H3. The molecule has 0 aliphatic carbocycles. The maximum Gasteiger partial charge on any atom is 0.204 e. The summed E-state index contributed by atoms with van der Waals surface area (Å²) in [6, 6.07) is 5.36. The molecule has 5 heteroatoms. The van der Waals surface area contributed by atoms with Crippen LogP contribution in [0, 0.1) is 0 Å². The first kappa shape index (κ1) is 11.7. The molecule has 86 valence electrons. The second-order valence-electron chi connectivity index (χ2n) is 3.62. The predicted molar refractivity (Wildman–Crippen MR) is 67.9 cm³/mol. The number of hydrogen-bond acceptors (Lipinski definition) is 4. The minimum Gasteiger partial charge on any atom is -0.326 e. The zero-order valence-electron chi connectivity index (χ0n) is 8.93. The molecule has 0 atom stereocenters. The molecule has 0 bridgehead atoms. The molecule has 2 rings (SSSR count). The van der Waals surface area contributed by atoms with E-state index >= 15 is 0 Å². The van der Waals surface area contributed by atoms with E-state index in [4.69, 9.17) is 5.73 Å². The van der Waals surface area contributed by atoms with Gasteiger partial charge in [-0.1, -0.05) is 12.1 Å². The van der Waals surface area contributed by atoms with E-state index in [1.54, 1.807) is 12.1 Å². The highest BCUT2D eigenvalue weighted by Crippen LogP contribution is 2.34. The number of nitrogens with two attached hydrogens (primary N) is 1. The normalized spacial score (nSPS) is 17.0. The molecule has 1 heterocycles. The average Bonchev–Trinajstić information content (AvgIpc) is 2.51. The smallest absolute Gasteiger partial charge is 0.204 e. The first-order valence-corrected chi connectivity index (χ1v) is 7.75. The van der Waals surface area contributed by atoms with E-state index in [1.165, 1.54) is 11.8 Å². The Morgan fingerprint density at radius 2 is 2.12 bits per heavy atom. The Hall–Kier alpha value is -0.780. The van der Waals surface area contributed by atoms with E-state index < -0.39 is 9.84 Å².